The monoisotopic (exact) mass is 315 g/mol. The minimum atomic E-state index is -1.14. The predicted molar refractivity (Wildman–Crippen MR) is 76.1 cm³/mol. The highest BCUT2D eigenvalue weighted by Crippen LogP contribution is 2.37. The molecular weight excluding hydrogens is 302 g/mol. The van der Waals surface area contributed by atoms with E-state index in [4.69, 9.17) is 5.73 Å². The first-order valence-electron chi connectivity index (χ1n) is 6.99. The van der Waals surface area contributed by atoms with Crippen LogP contribution in [0.4, 0.5) is 0 Å². The summed E-state index contributed by atoms with van der Waals surface area (Å²) < 4.78 is 0. The largest absolute Gasteiger partial charge is 0.368 e. The Hall–Kier alpha value is -3.03. The van der Waals surface area contributed by atoms with Crippen LogP contribution in [0.1, 0.15) is 45.2 Å². The summed E-state index contributed by atoms with van der Waals surface area (Å²) in [7, 11) is 0. The van der Waals surface area contributed by atoms with Crippen molar-refractivity contribution >= 4 is 29.9 Å². The topological polar surface area (TPSA) is 127 Å². The van der Waals surface area contributed by atoms with E-state index in [2.05, 4.69) is 5.32 Å². The molecule has 4 amide bonds. The van der Waals surface area contributed by atoms with E-state index in [-0.39, 0.29) is 24.0 Å². The van der Waals surface area contributed by atoms with Crippen LogP contribution in [0.25, 0.3) is 0 Å². The van der Waals surface area contributed by atoms with E-state index in [0.717, 1.165) is 4.90 Å². The van der Waals surface area contributed by atoms with E-state index in [1.165, 1.54) is 12.1 Å². The summed E-state index contributed by atoms with van der Waals surface area (Å²) in [6, 6.07) is 2.41. The third-order valence-corrected chi connectivity index (χ3v) is 4.09. The average Bonchev–Trinajstić information content (AvgIpc) is 2.80. The Morgan fingerprint density at radius 2 is 2.04 bits per heavy atom. The number of benzene rings is 1. The zero-order valence-electron chi connectivity index (χ0n) is 11.9. The normalized spacial score (nSPS) is 23.5. The summed E-state index contributed by atoms with van der Waals surface area (Å²) >= 11 is 0. The van der Waals surface area contributed by atoms with Crippen LogP contribution < -0.4 is 11.1 Å². The second kappa shape index (κ2) is 5.31. The number of primary amides is 1. The van der Waals surface area contributed by atoms with Gasteiger partial charge in [0.15, 0.2) is 6.29 Å². The Morgan fingerprint density at radius 3 is 2.65 bits per heavy atom. The molecule has 3 rings (SSSR count). The molecule has 8 heteroatoms. The molecule has 0 aromatic heterocycles. The molecule has 0 saturated carbocycles. The molecule has 118 valence electrons. The third kappa shape index (κ3) is 2.19. The van der Waals surface area contributed by atoms with E-state index >= 15 is 0 Å². The van der Waals surface area contributed by atoms with E-state index in [1.807, 2.05) is 0 Å². The lowest BCUT2D eigenvalue weighted by molar-refractivity contribution is -0.138. The smallest absolute Gasteiger partial charge is 0.256 e. The number of fused-ring (bicyclic) bond motifs is 1. The summed E-state index contributed by atoms with van der Waals surface area (Å²) in [4.78, 5) is 60.2. The second-order valence-corrected chi connectivity index (χ2v) is 5.41. The van der Waals surface area contributed by atoms with Crippen LogP contribution in [0.5, 0.6) is 0 Å². The quantitative estimate of drug-likeness (QED) is 0.562. The number of hydrogen-bond donors (Lipinski definition) is 2. The molecule has 1 aromatic rings. The van der Waals surface area contributed by atoms with Crippen LogP contribution in [0, 0.1) is 0 Å². The lowest BCUT2D eigenvalue weighted by Crippen LogP contribution is -2.55. The molecule has 0 bridgehead atoms. The van der Waals surface area contributed by atoms with Crippen molar-refractivity contribution in [2.75, 3.05) is 0 Å². The summed E-state index contributed by atoms with van der Waals surface area (Å²) in [6.07, 6.45) is 0.676. The Kier molecular flexibility index (Phi) is 3.44. The van der Waals surface area contributed by atoms with Crippen molar-refractivity contribution in [2.24, 2.45) is 5.73 Å². The van der Waals surface area contributed by atoms with Crippen LogP contribution in [0.15, 0.2) is 18.2 Å². The molecule has 8 nitrogen and oxygen atoms in total. The van der Waals surface area contributed by atoms with Gasteiger partial charge in [-0.3, -0.25) is 29.3 Å². The number of carbonyl (C=O) groups is 5. The van der Waals surface area contributed by atoms with Gasteiger partial charge in [0.25, 0.3) is 5.91 Å². The highest BCUT2D eigenvalue weighted by atomic mass is 16.2. The molecule has 2 unspecified atom stereocenters. The highest BCUT2D eigenvalue weighted by molar-refractivity contribution is 6.11. The van der Waals surface area contributed by atoms with Gasteiger partial charge in [0, 0.05) is 12.0 Å². The minimum absolute atomic E-state index is 0.0581. The van der Waals surface area contributed by atoms with Crippen LogP contribution in [0.2, 0.25) is 0 Å². The number of amides is 4. The van der Waals surface area contributed by atoms with Gasteiger partial charge in [0.1, 0.15) is 12.1 Å². The van der Waals surface area contributed by atoms with Crippen molar-refractivity contribution in [3.05, 3.63) is 34.9 Å². The Balaban J connectivity index is 2.09. The van der Waals surface area contributed by atoms with E-state index < -0.39 is 35.7 Å². The summed E-state index contributed by atoms with van der Waals surface area (Å²) in [6.45, 7) is 0. The number of carbonyl (C=O) groups excluding carboxylic acids is 5. The first-order valence-corrected chi connectivity index (χ1v) is 6.99. The summed E-state index contributed by atoms with van der Waals surface area (Å²) in [5, 5.41) is 2.15. The molecule has 23 heavy (non-hydrogen) atoms. The van der Waals surface area contributed by atoms with Gasteiger partial charge in [0.2, 0.25) is 17.7 Å². The number of hydrogen-bond acceptors (Lipinski definition) is 5. The van der Waals surface area contributed by atoms with Crippen molar-refractivity contribution < 1.29 is 24.0 Å². The van der Waals surface area contributed by atoms with Gasteiger partial charge in [-0.05, 0) is 12.0 Å². The minimum Gasteiger partial charge on any atom is -0.368 e. The Labute approximate surface area is 130 Å². The summed E-state index contributed by atoms with van der Waals surface area (Å²) in [5.41, 5.74) is 5.93. The SMILES string of the molecule is NC(=O)C1c2cccc(C=O)c2C(=O)N1C1CCC(=O)NC1=O. The molecule has 2 aliphatic heterocycles. The van der Waals surface area contributed by atoms with Gasteiger partial charge in [-0.15, -0.1) is 0 Å². The fraction of sp³-hybridized carbons (Fsp3) is 0.267. The van der Waals surface area contributed by atoms with Crippen molar-refractivity contribution in [1.82, 2.24) is 10.2 Å². The van der Waals surface area contributed by atoms with E-state index in [0.29, 0.717) is 11.8 Å². The van der Waals surface area contributed by atoms with Crippen molar-refractivity contribution in [3.8, 4) is 0 Å². The molecule has 1 saturated heterocycles. The van der Waals surface area contributed by atoms with Crippen LogP contribution in [-0.2, 0) is 14.4 Å². The van der Waals surface area contributed by atoms with Crippen molar-refractivity contribution in [3.63, 3.8) is 0 Å². The predicted octanol–water partition coefficient (Wildman–Crippen LogP) is -0.714. The number of imide groups is 1. The van der Waals surface area contributed by atoms with Gasteiger partial charge in [0.05, 0.1) is 5.56 Å². The Bertz CT molecular complexity index is 757. The molecule has 2 aliphatic rings. The van der Waals surface area contributed by atoms with Crippen LogP contribution in [-0.4, -0.2) is 40.9 Å². The zero-order chi connectivity index (χ0) is 16.7. The first-order chi connectivity index (χ1) is 11.0. The molecule has 3 N–H and O–H groups in total. The number of nitrogens with two attached hydrogens (primary N) is 1. The molecule has 1 fully saturated rings. The lowest BCUT2D eigenvalue weighted by atomic mass is 9.99. The maximum Gasteiger partial charge on any atom is 0.256 e. The molecule has 1 aromatic carbocycles. The number of aldehydes is 1. The fourth-order valence-electron chi connectivity index (χ4n) is 3.12. The molecule has 0 spiro atoms. The maximum atomic E-state index is 12.7. The maximum absolute atomic E-state index is 12.7. The van der Waals surface area contributed by atoms with Crippen molar-refractivity contribution in [2.45, 2.75) is 24.9 Å². The third-order valence-electron chi connectivity index (χ3n) is 4.09. The second-order valence-electron chi connectivity index (χ2n) is 5.41. The molecule has 2 atom stereocenters. The van der Waals surface area contributed by atoms with Gasteiger partial charge < -0.3 is 10.6 Å². The molecule has 2 heterocycles. The average molecular weight is 315 g/mol. The first kappa shape index (κ1) is 14.9. The van der Waals surface area contributed by atoms with Crippen LogP contribution >= 0.6 is 0 Å². The highest BCUT2D eigenvalue weighted by Gasteiger charge is 2.48. The fourth-order valence-corrected chi connectivity index (χ4v) is 3.12. The standard InChI is InChI=1S/C15H13N3O5/c16-13(21)12-8-3-1-2-7(6-19)11(8)15(23)18(12)9-4-5-10(20)17-14(9)22/h1-3,6,9,12H,4-5H2,(H2,16,21)(H,17,20,22). The Morgan fingerprint density at radius 1 is 1.30 bits per heavy atom. The number of nitrogens with zero attached hydrogens (tertiary/aromatic N) is 1. The number of nitrogens with one attached hydrogen (secondary N) is 1. The van der Waals surface area contributed by atoms with E-state index in [9.17, 15) is 24.0 Å². The van der Waals surface area contributed by atoms with Gasteiger partial charge in [-0.1, -0.05) is 18.2 Å². The van der Waals surface area contributed by atoms with Gasteiger partial charge >= 0.3 is 0 Å². The summed E-state index contributed by atoms with van der Waals surface area (Å²) in [5.74, 6) is -2.49. The molecule has 0 radical (unpaired) electrons. The van der Waals surface area contributed by atoms with Crippen LogP contribution in [0.3, 0.4) is 0 Å². The van der Waals surface area contributed by atoms with Gasteiger partial charge in [-0.2, -0.15) is 0 Å². The number of piperidine rings is 1. The van der Waals surface area contributed by atoms with Crippen molar-refractivity contribution in [1.29, 1.82) is 0 Å². The number of rotatable bonds is 3. The molecular formula is C15H13N3O5. The zero-order valence-corrected chi connectivity index (χ0v) is 11.9. The molecule has 0 aliphatic carbocycles. The lowest BCUT2D eigenvalue weighted by Gasteiger charge is -2.33. The van der Waals surface area contributed by atoms with Gasteiger partial charge in [-0.25, -0.2) is 0 Å². The van der Waals surface area contributed by atoms with E-state index in [1.54, 1.807) is 6.07 Å².